The molecule has 12 aromatic rings. The summed E-state index contributed by atoms with van der Waals surface area (Å²) in [6.45, 7) is 22.5. The van der Waals surface area contributed by atoms with Crippen LogP contribution in [0.25, 0.3) is 62.0 Å². The van der Waals surface area contributed by atoms with Crippen LogP contribution >= 0.6 is 40.3 Å². The summed E-state index contributed by atoms with van der Waals surface area (Å²) in [6.07, 6.45) is 25.6. The standard InChI is InChI=1S/C21H20N6O.C15H23BN2O3.C12H9BrN4.C12H10N4.C6H8BNO2.C6H3ClN3.CH4.BHNS/c1-15-12-16(6-7-22-15)18-3-5-21-24-14-19(27(21)25-18)17-2-4-20(23-13-17)26-8-10-28-11-9-26;1-14(2)15(3,4)21-16(20-14)12-5-6-13(17-11-12)18-7-9-19-10-8-18;1-8-6-9(4-5-14-8)10-2-3-12-15-7-11(13)17(12)16-10;1-9-8-10(4-5-13-9)11-2-3-12-14-6-7-16(12)15-11;1-5-4-6(7(9)10)2-3-8-5;7-5-1-2-6-8-3-4-10(6)9-5;;1-2-3/h2-7,12-14H,8-11H2,1H3;5-6,11H,7-10H2,1-4H3;2-7H,1H3;2-8H,1H3;2-4,9-10H,1H3;1-2,4H;1H4;3H/q;;;;;+1;;. The Morgan fingerprint density at radius 3 is 1.58 bits per heavy atom. The van der Waals surface area contributed by atoms with Crippen molar-refractivity contribution in [1.82, 2.24) is 78.7 Å². The Morgan fingerprint density at radius 1 is 0.566 bits per heavy atom. The number of pyridine rings is 6. The Balaban J connectivity index is 0.000000139. The van der Waals surface area contributed by atoms with E-state index in [1.165, 1.54) is 0 Å². The van der Waals surface area contributed by atoms with Crippen LogP contribution in [-0.2, 0) is 18.8 Å². The number of aryl methyl sites for hydroxylation is 4. The monoisotopic (exact) mass is 1520 g/mol. The Kier molecular flexibility index (Phi) is 27.1. The van der Waals surface area contributed by atoms with Crippen molar-refractivity contribution in [2.75, 3.05) is 62.4 Å². The van der Waals surface area contributed by atoms with E-state index in [4.69, 9.17) is 45.5 Å². The van der Waals surface area contributed by atoms with Gasteiger partial charge in [0, 0.05) is 137 Å². The molecule has 0 spiro atoms. The Bertz CT molecular complexity index is 5040. The number of hydrogen-bond donors (Lipinski definition) is 3. The second-order valence-corrected chi connectivity index (χ2v) is 26.3. The molecule has 539 valence electrons. The van der Waals surface area contributed by atoms with Crippen molar-refractivity contribution < 1.29 is 28.8 Å². The van der Waals surface area contributed by atoms with E-state index in [-0.39, 0.29) is 25.7 Å². The van der Waals surface area contributed by atoms with E-state index < -0.39 is 7.12 Å². The molecule has 2 N–H and O–H groups in total. The van der Waals surface area contributed by atoms with E-state index in [0.717, 1.165) is 165 Å². The van der Waals surface area contributed by atoms with E-state index >= 15 is 0 Å². The van der Waals surface area contributed by atoms with Crippen molar-refractivity contribution in [2.45, 2.75) is 74.0 Å². The van der Waals surface area contributed by atoms with Gasteiger partial charge in [-0.2, -0.15) is 15.3 Å². The Labute approximate surface area is 635 Å². The van der Waals surface area contributed by atoms with Crippen molar-refractivity contribution in [3.8, 4) is 45.0 Å². The summed E-state index contributed by atoms with van der Waals surface area (Å²) in [4.78, 5) is 46.9. The number of amidine groups is 1. The first-order chi connectivity index (χ1) is 50.7. The van der Waals surface area contributed by atoms with Crippen molar-refractivity contribution in [2.24, 2.45) is 14.4 Å². The molecule has 5 aliphatic rings. The number of rotatable bonds is 8. The fourth-order valence-corrected chi connectivity index (χ4v) is 11.3. The number of morpholine rings is 2. The third-order valence-electron chi connectivity index (χ3n) is 16.9. The van der Waals surface area contributed by atoms with E-state index in [1.54, 1.807) is 88.6 Å². The van der Waals surface area contributed by atoms with Gasteiger partial charge in [-0.25, -0.2) is 38.5 Å². The average Bonchev–Trinajstić information content (AvgIpc) is 1.63. The predicted octanol–water partition coefficient (Wildman–Crippen LogP) is 10.2. The summed E-state index contributed by atoms with van der Waals surface area (Å²) < 4.78 is 31.8. The minimum absolute atomic E-state index is 0. The zero-order chi connectivity index (χ0) is 74.0. The first-order valence-corrected chi connectivity index (χ1v) is 34.9. The second kappa shape index (κ2) is 36.7. The molecule has 0 amide bonds. The van der Waals surface area contributed by atoms with Crippen LogP contribution in [0.4, 0.5) is 11.6 Å². The number of imidazole rings is 3. The number of aromatic nitrogens is 15. The maximum atomic E-state index is 8.68. The van der Waals surface area contributed by atoms with Crippen LogP contribution < -0.4 is 20.7 Å². The summed E-state index contributed by atoms with van der Waals surface area (Å²) >= 11 is 12.2. The SMILES string of the molecule is C.CC1(C)OB(c2ccc(N3CCOCC3)nc2)OC1(C)C.Cc1cc(-c2ccc3ncc(-c4ccc(N5CCOCC5)nc4)n3n2)ccn1.Cc1cc(-c2ccc3ncc(Br)n3n2)ccn1.Cc1cc(-c2ccc3nccn3n2)ccn1.Cc1cc(B(O)O)ccn1.ClC1=NN2C=[C+]N=C2C=C1.[B]=NS. The predicted molar refractivity (Wildman–Crippen MR) is 422 cm³/mol. The van der Waals surface area contributed by atoms with E-state index in [1.807, 2.05) is 135 Å². The van der Waals surface area contributed by atoms with Gasteiger partial charge in [0.1, 0.15) is 16.2 Å². The molecule has 0 aromatic carbocycles. The summed E-state index contributed by atoms with van der Waals surface area (Å²) in [6, 6.07) is 35.1. The van der Waals surface area contributed by atoms with Crippen LogP contribution in [0.15, 0.2) is 209 Å². The molecule has 0 aliphatic carbocycles. The zero-order valence-corrected chi connectivity index (χ0v) is 62.1. The normalized spacial score (nSPS) is 14.9. The number of anilines is 2. The first kappa shape index (κ1) is 78.4. The maximum absolute atomic E-state index is 8.68. The van der Waals surface area contributed by atoms with Crippen molar-refractivity contribution >= 4 is 113 Å². The fraction of sp³-hybridized carbons (Fsp3) is 0.260. The van der Waals surface area contributed by atoms with Crippen LogP contribution in [0.2, 0.25) is 0 Å². The van der Waals surface area contributed by atoms with Crippen LogP contribution in [0.3, 0.4) is 0 Å². The summed E-state index contributed by atoms with van der Waals surface area (Å²) in [5.74, 6) is 2.71. The number of aliphatic imine (C=N–C) groups is 1. The van der Waals surface area contributed by atoms with Crippen molar-refractivity contribution in [3.63, 3.8) is 0 Å². The molecule has 27 nitrogen and oxygen atoms in total. The quantitative estimate of drug-likeness (QED) is 0.0724. The molecule has 1 radical (unpaired) electrons. The molecule has 5 aliphatic heterocycles. The average molecular weight is 1530 g/mol. The van der Waals surface area contributed by atoms with Gasteiger partial charge in [0.25, 0.3) is 0 Å². The number of fused-ring (bicyclic) bond motifs is 4. The molecule has 0 saturated carbocycles. The van der Waals surface area contributed by atoms with Gasteiger partial charge in [0.15, 0.2) is 22.1 Å². The van der Waals surface area contributed by atoms with E-state index in [9.17, 15) is 0 Å². The van der Waals surface area contributed by atoms with Gasteiger partial charge in [0.05, 0.1) is 78.9 Å². The molecule has 3 saturated heterocycles. The molecule has 17 rings (SSSR count). The minimum atomic E-state index is -1.39. The molecule has 17 heterocycles. The third-order valence-corrected chi connectivity index (χ3v) is 17.7. The number of nitrogens with zero attached hydrogens (tertiary/aromatic N) is 21. The molecule has 106 heavy (non-hydrogen) atoms. The second-order valence-electron chi connectivity index (χ2n) is 24.9. The fourth-order valence-electron chi connectivity index (χ4n) is 10.8. The van der Waals surface area contributed by atoms with Gasteiger partial charge in [0.2, 0.25) is 12.4 Å². The Morgan fingerprint density at radius 2 is 1.07 bits per heavy atom. The number of ether oxygens (including phenoxy) is 2. The van der Waals surface area contributed by atoms with Crippen molar-refractivity contribution in [3.05, 3.63) is 223 Å². The molecular weight excluding hydrogens is 1450 g/mol. The van der Waals surface area contributed by atoms with Crippen LogP contribution in [0.1, 0.15) is 57.9 Å². The van der Waals surface area contributed by atoms with Crippen LogP contribution in [0.5, 0.6) is 0 Å². The molecule has 12 aromatic heterocycles. The van der Waals surface area contributed by atoms with Gasteiger partial charge in [-0.05, 0) is 180 Å². The first-order valence-electron chi connectivity index (χ1n) is 33.3. The topological polar surface area (TPSA) is 292 Å². The van der Waals surface area contributed by atoms with E-state index in [2.05, 4.69) is 162 Å². The number of hydrazone groups is 1. The third kappa shape index (κ3) is 20.4. The zero-order valence-electron chi connectivity index (χ0n) is 58.9. The molecule has 33 heteroatoms. The molecule has 3 fully saturated rings. The van der Waals surface area contributed by atoms with Crippen LogP contribution in [0, 0.1) is 33.9 Å². The molecular formula is C73H78B3BrClN21O6S+. The number of halogens is 2. The number of allylic oxidation sites excluding steroid dienone is 1. The number of hydrogen-bond acceptors (Lipinski definition) is 25. The van der Waals surface area contributed by atoms with Crippen molar-refractivity contribution in [1.29, 1.82) is 0 Å². The van der Waals surface area contributed by atoms with E-state index in [0.29, 0.717) is 10.6 Å². The summed E-state index contributed by atoms with van der Waals surface area (Å²) in [7, 11) is 2.60. The van der Waals surface area contributed by atoms with Gasteiger partial charge >= 0.3 is 44.8 Å². The van der Waals surface area contributed by atoms with Gasteiger partial charge in [-0.3, -0.25) is 19.9 Å². The number of thiol groups is 1. The summed E-state index contributed by atoms with van der Waals surface area (Å²) in [5.41, 5.74) is 14.8. The molecule has 0 unspecified atom stereocenters. The molecule has 0 bridgehead atoms. The van der Waals surface area contributed by atoms with Crippen LogP contribution in [-0.4, -0.2) is 185 Å². The summed E-state index contributed by atoms with van der Waals surface area (Å²) in [5, 5.41) is 37.1. The Hall–Kier alpha value is -10.2. The van der Waals surface area contributed by atoms with Gasteiger partial charge in [-0.1, -0.05) is 25.1 Å². The molecule has 0 atom stereocenters. The van der Waals surface area contributed by atoms with Gasteiger partial charge < -0.3 is 38.6 Å². The van der Waals surface area contributed by atoms with Gasteiger partial charge in [-0.15, -0.1) is 10.1 Å².